The Kier molecular flexibility index (Phi) is 4.76. The number of aryl methyl sites for hydroxylation is 1. The molecule has 1 fully saturated rings. The molecule has 2 aromatic heterocycles. The zero-order valence-corrected chi connectivity index (χ0v) is 16.5. The number of aromatic nitrogens is 4. The van der Waals surface area contributed by atoms with Gasteiger partial charge < -0.3 is 4.90 Å². The molecule has 5 nitrogen and oxygen atoms in total. The van der Waals surface area contributed by atoms with Crippen LogP contribution in [0.2, 0.25) is 5.15 Å². The molecule has 3 aromatic rings. The Morgan fingerprint density at radius 3 is 2.89 bits per heavy atom. The van der Waals surface area contributed by atoms with E-state index in [1.807, 2.05) is 11.6 Å². The molecule has 7 heteroatoms. The van der Waals surface area contributed by atoms with Gasteiger partial charge in [-0.2, -0.15) is 5.10 Å². The van der Waals surface area contributed by atoms with Crippen LogP contribution < -0.4 is 4.90 Å². The van der Waals surface area contributed by atoms with Gasteiger partial charge in [0.25, 0.3) is 0 Å². The van der Waals surface area contributed by atoms with Gasteiger partial charge in [-0.25, -0.2) is 14.4 Å². The maximum Gasteiger partial charge on any atom is 0.140 e. The van der Waals surface area contributed by atoms with Gasteiger partial charge in [0.05, 0.1) is 17.3 Å². The van der Waals surface area contributed by atoms with Crippen molar-refractivity contribution in [2.45, 2.75) is 46.2 Å². The summed E-state index contributed by atoms with van der Waals surface area (Å²) >= 11 is 6.73. The van der Waals surface area contributed by atoms with E-state index in [9.17, 15) is 4.39 Å². The fourth-order valence-electron chi connectivity index (χ4n) is 3.98. The molecule has 0 saturated carbocycles. The number of rotatable bonds is 4. The van der Waals surface area contributed by atoms with Crippen LogP contribution in [0.4, 0.5) is 10.2 Å². The summed E-state index contributed by atoms with van der Waals surface area (Å²) in [6.45, 7) is 7.94. The van der Waals surface area contributed by atoms with Crippen LogP contribution in [0.3, 0.4) is 0 Å². The molecular formula is C20H23ClFN5. The summed E-state index contributed by atoms with van der Waals surface area (Å²) in [7, 11) is 0. The molecule has 142 valence electrons. The second-order valence-electron chi connectivity index (χ2n) is 7.58. The van der Waals surface area contributed by atoms with Gasteiger partial charge in [0, 0.05) is 24.0 Å². The number of benzene rings is 1. The molecule has 1 aliphatic heterocycles. The van der Waals surface area contributed by atoms with Crippen LogP contribution in [0.25, 0.3) is 10.9 Å². The van der Waals surface area contributed by atoms with Gasteiger partial charge in [0.15, 0.2) is 0 Å². The van der Waals surface area contributed by atoms with E-state index < -0.39 is 0 Å². The van der Waals surface area contributed by atoms with Crippen molar-refractivity contribution >= 4 is 28.3 Å². The summed E-state index contributed by atoms with van der Waals surface area (Å²) in [5.74, 6) is 0.936. The zero-order valence-electron chi connectivity index (χ0n) is 15.8. The molecule has 0 N–H and O–H groups in total. The second-order valence-corrected chi connectivity index (χ2v) is 7.93. The standard InChI is InChI=1S/C20H23ClFN5/c1-12(2)10-27-19(21)18(13(3)25-27)17-5-4-8-26(17)20-15-9-14(22)6-7-16(15)23-11-24-20/h6-7,9,11-12,17H,4-5,8,10H2,1-3H3. The lowest BCUT2D eigenvalue weighted by molar-refractivity contribution is 0.481. The van der Waals surface area contributed by atoms with Crippen molar-refractivity contribution in [2.75, 3.05) is 11.4 Å². The van der Waals surface area contributed by atoms with Crippen molar-refractivity contribution in [3.63, 3.8) is 0 Å². The highest BCUT2D eigenvalue weighted by Gasteiger charge is 2.33. The first kappa shape index (κ1) is 18.2. The summed E-state index contributed by atoms with van der Waals surface area (Å²) in [5.41, 5.74) is 2.74. The van der Waals surface area contributed by atoms with Gasteiger partial charge in [0.1, 0.15) is 23.1 Å². The molecule has 0 bridgehead atoms. The number of nitrogens with zero attached hydrogens (tertiary/aromatic N) is 5. The molecule has 1 saturated heterocycles. The SMILES string of the molecule is Cc1nn(CC(C)C)c(Cl)c1C1CCCN1c1ncnc2ccc(F)cc12. The van der Waals surface area contributed by atoms with E-state index in [-0.39, 0.29) is 11.9 Å². The summed E-state index contributed by atoms with van der Waals surface area (Å²) in [6, 6.07) is 4.72. The fourth-order valence-corrected chi connectivity index (χ4v) is 4.35. The lowest BCUT2D eigenvalue weighted by atomic mass is 10.1. The average molecular weight is 388 g/mol. The third-order valence-corrected chi connectivity index (χ3v) is 5.48. The quantitative estimate of drug-likeness (QED) is 0.637. The van der Waals surface area contributed by atoms with Gasteiger partial charge in [-0.05, 0) is 43.9 Å². The molecule has 0 aliphatic carbocycles. The zero-order chi connectivity index (χ0) is 19.1. The predicted octanol–water partition coefficient (Wildman–Crippen LogP) is 4.92. The molecule has 1 atom stereocenters. The van der Waals surface area contributed by atoms with E-state index >= 15 is 0 Å². The lowest BCUT2D eigenvalue weighted by Gasteiger charge is -2.27. The molecule has 0 amide bonds. The fraction of sp³-hybridized carbons (Fsp3) is 0.450. The molecule has 0 spiro atoms. The molecule has 1 aliphatic rings. The van der Waals surface area contributed by atoms with E-state index in [1.54, 1.807) is 12.4 Å². The van der Waals surface area contributed by atoms with Crippen molar-refractivity contribution < 1.29 is 4.39 Å². The minimum absolute atomic E-state index is 0.0831. The van der Waals surface area contributed by atoms with Gasteiger partial charge in [-0.15, -0.1) is 0 Å². The number of anilines is 1. The van der Waals surface area contributed by atoms with Gasteiger partial charge in [0.2, 0.25) is 0 Å². The van der Waals surface area contributed by atoms with E-state index in [1.165, 1.54) is 12.1 Å². The molecule has 1 unspecified atom stereocenters. The van der Waals surface area contributed by atoms with E-state index in [4.69, 9.17) is 11.6 Å². The van der Waals surface area contributed by atoms with Crippen LogP contribution in [0.15, 0.2) is 24.5 Å². The molecule has 0 radical (unpaired) electrons. The van der Waals surface area contributed by atoms with Crippen molar-refractivity contribution in [3.8, 4) is 0 Å². The van der Waals surface area contributed by atoms with Crippen molar-refractivity contribution in [2.24, 2.45) is 5.92 Å². The normalized spacial score (nSPS) is 17.4. The summed E-state index contributed by atoms with van der Waals surface area (Å²) < 4.78 is 15.8. The monoisotopic (exact) mass is 387 g/mol. The van der Waals surface area contributed by atoms with E-state index in [0.29, 0.717) is 11.1 Å². The summed E-state index contributed by atoms with van der Waals surface area (Å²) in [5, 5.41) is 6.09. The topological polar surface area (TPSA) is 46.8 Å². The largest absolute Gasteiger partial charge is 0.349 e. The highest BCUT2D eigenvalue weighted by molar-refractivity contribution is 6.30. The van der Waals surface area contributed by atoms with E-state index in [2.05, 4.69) is 33.8 Å². The van der Waals surface area contributed by atoms with Crippen LogP contribution in [-0.2, 0) is 6.54 Å². The molecule has 1 aromatic carbocycles. The van der Waals surface area contributed by atoms with Crippen molar-refractivity contribution in [1.29, 1.82) is 0 Å². The molecule has 27 heavy (non-hydrogen) atoms. The Balaban J connectivity index is 1.78. The third-order valence-electron chi connectivity index (χ3n) is 5.08. The minimum atomic E-state index is -0.284. The number of hydrogen-bond acceptors (Lipinski definition) is 4. The maximum atomic E-state index is 13.9. The highest BCUT2D eigenvalue weighted by atomic mass is 35.5. The Morgan fingerprint density at radius 1 is 1.30 bits per heavy atom. The van der Waals surface area contributed by atoms with Crippen molar-refractivity contribution in [3.05, 3.63) is 46.8 Å². The Morgan fingerprint density at radius 2 is 2.11 bits per heavy atom. The maximum absolute atomic E-state index is 13.9. The van der Waals surface area contributed by atoms with E-state index in [0.717, 1.165) is 53.9 Å². The molecular weight excluding hydrogens is 365 g/mol. The first-order valence-corrected chi connectivity index (χ1v) is 9.73. The Labute approximate surface area is 163 Å². The second kappa shape index (κ2) is 7.08. The lowest BCUT2D eigenvalue weighted by Crippen LogP contribution is -2.24. The molecule has 3 heterocycles. The van der Waals surface area contributed by atoms with Gasteiger partial charge in [-0.1, -0.05) is 25.4 Å². The third kappa shape index (κ3) is 3.27. The van der Waals surface area contributed by atoms with Crippen LogP contribution in [0.1, 0.15) is 44.0 Å². The first-order chi connectivity index (χ1) is 13.0. The minimum Gasteiger partial charge on any atom is -0.349 e. The number of fused-ring (bicyclic) bond motifs is 1. The Hall–Kier alpha value is -2.21. The number of halogens is 2. The Bertz CT molecular complexity index is 984. The van der Waals surface area contributed by atoms with Crippen LogP contribution in [-0.4, -0.2) is 26.3 Å². The predicted molar refractivity (Wildman–Crippen MR) is 106 cm³/mol. The van der Waals surface area contributed by atoms with Crippen LogP contribution in [0, 0.1) is 18.7 Å². The average Bonchev–Trinajstić information content (AvgIpc) is 3.18. The molecule has 4 rings (SSSR count). The van der Waals surface area contributed by atoms with Gasteiger partial charge in [-0.3, -0.25) is 4.68 Å². The summed E-state index contributed by atoms with van der Waals surface area (Å²) in [6.07, 6.45) is 3.53. The summed E-state index contributed by atoms with van der Waals surface area (Å²) in [4.78, 5) is 11.0. The van der Waals surface area contributed by atoms with Gasteiger partial charge >= 0.3 is 0 Å². The number of hydrogen-bond donors (Lipinski definition) is 0. The van der Waals surface area contributed by atoms with Crippen LogP contribution in [0.5, 0.6) is 0 Å². The smallest absolute Gasteiger partial charge is 0.140 e. The van der Waals surface area contributed by atoms with Crippen molar-refractivity contribution in [1.82, 2.24) is 19.7 Å². The highest BCUT2D eigenvalue weighted by Crippen LogP contribution is 2.41. The van der Waals surface area contributed by atoms with Crippen LogP contribution >= 0.6 is 11.6 Å². The first-order valence-electron chi connectivity index (χ1n) is 9.35.